The van der Waals surface area contributed by atoms with Crippen LogP contribution in [0.4, 0.5) is 0 Å². The highest BCUT2D eigenvalue weighted by Crippen LogP contribution is 2.33. The third kappa shape index (κ3) is 2.35. The predicted octanol–water partition coefficient (Wildman–Crippen LogP) is 0.0932. The van der Waals surface area contributed by atoms with Crippen molar-refractivity contribution >= 4 is 11.9 Å². The molecule has 0 heterocycles. The van der Waals surface area contributed by atoms with E-state index in [1.807, 2.05) is 0 Å². The van der Waals surface area contributed by atoms with Gasteiger partial charge >= 0.3 is 5.97 Å². The molecule has 4 N–H and O–H groups in total. The maximum Gasteiger partial charge on any atom is 0.326 e. The number of rotatable bonds is 4. The molecule has 2 saturated carbocycles. The molecule has 3 unspecified atom stereocenters. The monoisotopic (exact) mass is 226 g/mol. The summed E-state index contributed by atoms with van der Waals surface area (Å²) in [5.41, 5.74) is 5.82. The molecule has 0 aliphatic heterocycles. The number of carboxylic acid groups (broad SMARTS) is 1. The number of carboxylic acids is 1. The Bertz CT molecular complexity index is 302. The average molecular weight is 226 g/mol. The second-order valence-electron chi connectivity index (χ2n) is 4.86. The summed E-state index contributed by atoms with van der Waals surface area (Å²) in [6.45, 7) is 0. The SMILES string of the molecule is NC1CCCC1C(=O)NC(C(=O)O)C1CC1. The lowest BCUT2D eigenvalue weighted by molar-refractivity contribution is -0.143. The minimum Gasteiger partial charge on any atom is -0.480 e. The molecular formula is C11H18N2O3. The van der Waals surface area contributed by atoms with Crippen molar-refractivity contribution in [3.63, 3.8) is 0 Å². The fourth-order valence-corrected chi connectivity index (χ4v) is 2.39. The Kier molecular flexibility index (Phi) is 3.14. The van der Waals surface area contributed by atoms with Crippen LogP contribution in [-0.4, -0.2) is 29.1 Å². The first-order valence-electron chi connectivity index (χ1n) is 5.88. The molecule has 3 atom stereocenters. The van der Waals surface area contributed by atoms with E-state index >= 15 is 0 Å². The van der Waals surface area contributed by atoms with Gasteiger partial charge in [-0.1, -0.05) is 6.42 Å². The van der Waals surface area contributed by atoms with Crippen molar-refractivity contribution in [2.24, 2.45) is 17.6 Å². The molecule has 0 bridgehead atoms. The molecule has 0 aromatic rings. The van der Waals surface area contributed by atoms with Crippen LogP contribution in [0, 0.1) is 11.8 Å². The Balaban J connectivity index is 1.92. The summed E-state index contributed by atoms with van der Waals surface area (Å²) in [6, 6.07) is -0.811. The molecule has 2 aliphatic rings. The molecule has 0 aromatic carbocycles. The summed E-state index contributed by atoms with van der Waals surface area (Å²) in [7, 11) is 0. The second-order valence-corrected chi connectivity index (χ2v) is 4.86. The summed E-state index contributed by atoms with van der Waals surface area (Å²) in [6.07, 6.45) is 4.39. The molecule has 0 saturated heterocycles. The predicted molar refractivity (Wildman–Crippen MR) is 57.6 cm³/mol. The number of amides is 1. The maximum absolute atomic E-state index is 11.8. The van der Waals surface area contributed by atoms with Gasteiger partial charge in [0.1, 0.15) is 6.04 Å². The summed E-state index contributed by atoms with van der Waals surface area (Å²) in [5.74, 6) is -1.17. The molecule has 16 heavy (non-hydrogen) atoms. The fourth-order valence-electron chi connectivity index (χ4n) is 2.39. The zero-order chi connectivity index (χ0) is 11.7. The van der Waals surface area contributed by atoms with E-state index < -0.39 is 12.0 Å². The number of nitrogens with two attached hydrogens (primary N) is 1. The van der Waals surface area contributed by atoms with Crippen molar-refractivity contribution in [3.05, 3.63) is 0 Å². The second kappa shape index (κ2) is 4.41. The van der Waals surface area contributed by atoms with Gasteiger partial charge in [0.15, 0.2) is 0 Å². The van der Waals surface area contributed by atoms with Crippen molar-refractivity contribution in [1.82, 2.24) is 5.32 Å². The molecule has 2 fully saturated rings. The standard InChI is InChI=1S/C11H18N2O3/c12-8-3-1-2-7(8)10(14)13-9(11(15)16)6-4-5-6/h6-9H,1-5,12H2,(H,13,14)(H,15,16). The van der Waals surface area contributed by atoms with E-state index in [0.717, 1.165) is 32.1 Å². The Morgan fingerprint density at radius 1 is 1.25 bits per heavy atom. The first-order valence-corrected chi connectivity index (χ1v) is 5.88. The first-order chi connectivity index (χ1) is 7.59. The van der Waals surface area contributed by atoms with Gasteiger partial charge in [-0.2, -0.15) is 0 Å². The number of carbonyl (C=O) groups is 2. The number of hydrogen-bond acceptors (Lipinski definition) is 3. The maximum atomic E-state index is 11.8. The van der Waals surface area contributed by atoms with Crippen LogP contribution in [0.5, 0.6) is 0 Å². The highest BCUT2D eigenvalue weighted by Gasteiger charge is 2.39. The molecule has 5 nitrogen and oxygen atoms in total. The summed E-state index contributed by atoms with van der Waals surface area (Å²) < 4.78 is 0. The lowest BCUT2D eigenvalue weighted by Gasteiger charge is -2.19. The van der Waals surface area contributed by atoms with Gasteiger partial charge in [-0.3, -0.25) is 4.79 Å². The summed E-state index contributed by atoms with van der Waals surface area (Å²) in [5, 5.41) is 11.6. The van der Waals surface area contributed by atoms with Crippen molar-refractivity contribution in [1.29, 1.82) is 0 Å². The van der Waals surface area contributed by atoms with Gasteiger partial charge in [0, 0.05) is 6.04 Å². The largest absolute Gasteiger partial charge is 0.480 e. The normalized spacial score (nSPS) is 31.1. The van der Waals surface area contributed by atoms with E-state index in [-0.39, 0.29) is 23.8 Å². The topological polar surface area (TPSA) is 92.4 Å². The molecular weight excluding hydrogens is 208 g/mol. The molecule has 90 valence electrons. The minimum atomic E-state index is -0.928. The highest BCUT2D eigenvalue weighted by molar-refractivity contribution is 5.86. The first kappa shape index (κ1) is 11.4. The van der Waals surface area contributed by atoms with Crippen LogP contribution in [-0.2, 0) is 9.59 Å². The Morgan fingerprint density at radius 3 is 2.38 bits per heavy atom. The van der Waals surface area contributed by atoms with Gasteiger partial charge in [0.2, 0.25) is 5.91 Å². The van der Waals surface area contributed by atoms with Crippen LogP contribution in [0.1, 0.15) is 32.1 Å². The number of aliphatic carboxylic acids is 1. The van der Waals surface area contributed by atoms with Crippen LogP contribution in [0.15, 0.2) is 0 Å². The molecule has 0 aromatic heterocycles. The van der Waals surface area contributed by atoms with Crippen LogP contribution in [0.2, 0.25) is 0 Å². The van der Waals surface area contributed by atoms with E-state index in [2.05, 4.69) is 5.32 Å². The van der Waals surface area contributed by atoms with Crippen molar-refractivity contribution in [2.75, 3.05) is 0 Å². The van der Waals surface area contributed by atoms with Gasteiger partial charge in [-0.05, 0) is 31.6 Å². The van der Waals surface area contributed by atoms with Gasteiger partial charge in [-0.15, -0.1) is 0 Å². The smallest absolute Gasteiger partial charge is 0.326 e. The van der Waals surface area contributed by atoms with Gasteiger partial charge in [0.25, 0.3) is 0 Å². The molecule has 5 heteroatoms. The van der Waals surface area contributed by atoms with Crippen LogP contribution in [0.25, 0.3) is 0 Å². The van der Waals surface area contributed by atoms with E-state index in [1.54, 1.807) is 0 Å². The van der Waals surface area contributed by atoms with E-state index in [0.29, 0.717) is 0 Å². The third-order valence-corrected chi connectivity index (χ3v) is 3.56. The van der Waals surface area contributed by atoms with Crippen molar-refractivity contribution in [2.45, 2.75) is 44.2 Å². The summed E-state index contributed by atoms with van der Waals surface area (Å²) >= 11 is 0. The van der Waals surface area contributed by atoms with Crippen molar-refractivity contribution < 1.29 is 14.7 Å². The van der Waals surface area contributed by atoms with E-state index in [4.69, 9.17) is 10.8 Å². The van der Waals surface area contributed by atoms with Crippen molar-refractivity contribution in [3.8, 4) is 0 Å². The Hall–Kier alpha value is -1.10. The lowest BCUT2D eigenvalue weighted by Crippen LogP contribution is -2.47. The number of nitrogens with one attached hydrogen (secondary N) is 1. The fraction of sp³-hybridized carbons (Fsp3) is 0.818. The molecule has 1 amide bonds. The van der Waals surface area contributed by atoms with Crippen LogP contribution < -0.4 is 11.1 Å². The lowest BCUT2D eigenvalue weighted by atomic mass is 10.0. The van der Waals surface area contributed by atoms with E-state index in [9.17, 15) is 9.59 Å². The average Bonchev–Trinajstić information content (AvgIpc) is 2.96. The molecule has 0 spiro atoms. The molecule has 2 aliphatic carbocycles. The molecule has 2 rings (SSSR count). The Labute approximate surface area is 94.4 Å². The minimum absolute atomic E-state index is 0.103. The van der Waals surface area contributed by atoms with Crippen LogP contribution in [0.3, 0.4) is 0 Å². The Morgan fingerprint density at radius 2 is 1.94 bits per heavy atom. The van der Waals surface area contributed by atoms with Gasteiger partial charge in [0.05, 0.1) is 5.92 Å². The zero-order valence-corrected chi connectivity index (χ0v) is 9.19. The number of hydrogen-bond donors (Lipinski definition) is 3. The van der Waals surface area contributed by atoms with Gasteiger partial charge < -0.3 is 16.2 Å². The molecule has 0 radical (unpaired) electrons. The highest BCUT2D eigenvalue weighted by atomic mass is 16.4. The third-order valence-electron chi connectivity index (χ3n) is 3.56. The van der Waals surface area contributed by atoms with Gasteiger partial charge in [-0.25, -0.2) is 4.79 Å². The zero-order valence-electron chi connectivity index (χ0n) is 9.19. The summed E-state index contributed by atoms with van der Waals surface area (Å²) in [4.78, 5) is 22.8. The van der Waals surface area contributed by atoms with Crippen LogP contribution >= 0.6 is 0 Å². The number of carbonyl (C=O) groups excluding carboxylic acids is 1. The van der Waals surface area contributed by atoms with E-state index in [1.165, 1.54) is 0 Å². The quantitative estimate of drug-likeness (QED) is 0.633.